The average Bonchev–Trinajstić information content (AvgIpc) is 2.45. The van der Waals surface area contributed by atoms with Gasteiger partial charge in [-0.2, -0.15) is 0 Å². The van der Waals surface area contributed by atoms with Gasteiger partial charge in [0.25, 0.3) is 5.91 Å². The van der Waals surface area contributed by atoms with Crippen molar-refractivity contribution >= 4 is 23.4 Å². The minimum Gasteiger partial charge on any atom is -0.355 e. The maximum Gasteiger partial charge on any atom is 0.275 e. The Morgan fingerprint density at radius 3 is 2.57 bits per heavy atom. The van der Waals surface area contributed by atoms with Crippen LogP contribution in [0.1, 0.15) is 32.4 Å². The highest BCUT2D eigenvalue weighted by Gasteiger charge is 2.17. The summed E-state index contributed by atoms with van der Waals surface area (Å²) in [6.45, 7) is 6.29. The molecule has 0 saturated carbocycles. The molecule has 21 heavy (non-hydrogen) atoms. The highest BCUT2D eigenvalue weighted by Crippen LogP contribution is 2.19. The first-order valence-electron chi connectivity index (χ1n) is 7.10. The summed E-state index contributed by atoms with van der Waals surface area (Å²) in [7, 11) is 0. The largest absolute Gasteiger partial charge is 0.355 e. The van der Waals surface area contributed by atoms with Crippen molar-refractivity contribution in [3.05, 3.63) is 34.9 Å². The van der Waals surface area contributed by atoms with Crippen LogP contribution < -0.4 is 16.0 Å². The summed E-state index contributed by atoms with van der Waals surface area (Å²) >= 11 is 6.12. The standard InChI is InChI=1S/C15H22ClN3O2/c1-4-17-15(21)11(3)19-14(20)9-18-10(2)12-7-5-6-8-13(12)16/h5-8,10-11,18H,4,9H2,1-3H3,(H,17,21)(H,19,20)/p+1/t10-,11+/m0/s1. The smallest absolute Gasteiger partial charge is 0.275 e. The van der Waals surface area contributed by atoms with Crippen molar-refractivity contribution in [3.8, 4) is 0 Å². The van der Waals surface area contributed by atoms with Crippen LogP contribution in [0.5, 0.6) is 0 Å². The number of carbonyl (C=O) groups excluding carboxylic acids is 2. The van der Waals surface area contributed by atoms with E-state index in [1.165, 1.54) is 0 Å². The predicted molar refractivity (Wildman–Crippen MR) is 82.9 cm³/mol. The van der Waals surface area contributed by atoms with Gasteiger partial charge in [0.15, 0.2) is 6.54 Å². The van der Waals surface area contributed by atoms with Crippen molar-refractivity contribution in [2.75, 3.05) is 13.1 Å². The van der Waals surface area contributed by atoms with Gasteiger partial charge in [0.1, 0.15) is 12.1 Å². The molecule has 0 heterocycles. The lowest BCUT2D eigenvalue weighted by Gasteiger charge is -2.15. The molecule has 1 rings (SSSR count). The molecule has 6 heteroatoms. The Hall–Kier alpha value is -1.59. The summed E-state index contributed by atoms with van der Waals surface area (Å²) in [5, 5.41) is 7.92. The van der Waals surface area contributed by atoms with Gasteiger partial charge in [-0.25, -0.2) is 0 Å². The van der Waals surface area contributed by atoms with Gasteiger partial charge in [0.05, 0.1) is 0 Å². The molecule has 0 aliphatic rings. The molecule has 2 atom stereocenters. The summed E-state index contributed by atoms with van der Waals surface area (Å²) in [6.07, 6.45) is 0. The summed E-state index contributed by atoms with van der Waals surface area (Å²) in [6, 6.07) is 7.12. The van der Waals surface area contributed by atoms with Crippen LogP contribution >= 0.6 is 11.6 Å². The molecule has 0 aliphatic heterocycles. The zero-order valence-corrected chi connectivity index (χ0v) is 13.4. The molecule has 5 nitrogen and oxygen atoms in total. The van der Waals surface area contributed by atoms with Gasteiger partial charge in [0, 0.05) is 17.1 Å². The van der Waals surface area contributed by atoms with Gasteiger partial charge in [-0.05, 0) is 26.8 Å². The van der Waals surface area contributed by atoms with E-state index in [1.807, 2.05) is 43.4 Å². The maximum atomic E-state index is 11.8. The van der Waals surface area contributed by atoms with Crippen molar-refractivity contribution in [2.45, 2.75) is 32.9 Å². The molecule has 0 aliphatic carbocycles. The second-order valence-electron chi connectivity index (χ2n) is 4.93. The van der Waals surface area contributed by atoms with Gasteiger partial charge < -0.3 is 16.0 Å². The maximum absolute atomic E-state index is 11.8. The first kappa shape index (κ1) is 17.5. The molecule has 0 aromatic heterocycles. The molecule has 0 bridgehead atoms. The van der Waals surface area contributed by atoms with Crippen LogP contribution in [0.4, 0.5) is 0 Å². The van der Waals surface area contributed by atoms with E-state index in [9.17, 15) is 9.59 Å². The number of nitrogens with one attached hydrogen (secondary N) is 2. The van der Waals surface area contributed by atoms with E-state index in [0.29, 0.717) is 11.6 Å². The molecule has 116 valence electrons. The van der Waals surface area contributed by atoms with E-state index < -0.39 is 6.04 Å². The van der Waals surface area contributed by atoms with Gasteiger partial charge in [-0.1, -0.05) is 29.8 Å². The first-order chi connectivity index (χ1) is 9.95. The van der Waals surface area contributed by atoms with E-state index in [-0.39, 0.29) is 24.4 Å². The van der Waals surface area contributed by atoms with Gasteiger partial charge in [-0.3, -0.25) is 9.59 Å². The summed E-state index contributed by atoms with van der Waals surface area (Å²) in [4.78, 5) is 23.4. The molecule has 2 amide bonds. The zero-order valence-electron chi connectivity index (χ0n) is 12.7. The third kappa shape index (κ3) is 5.73. The van der Waals surface area contributed by atoms with Crippen LogP contribution in [0.2, 0.25) is 5.02 Å². The molecule has 0 fully saturated rings. The molecule has 0 radical (unpaired) electrons. The molecule has 0 saturated heterocycles. The lowest BCUT2D eigenvalue weighted by molar-refractivity contribution is -0.682. The molecule has 0 spiro atoms. The molecule has 0 unspecified atom stereocenters. The van der Waals surface area contributed by atoms with Crippen LogP contribution in [0, 0.1) is 0 Å². The number of likely N-dealkylation sites (N-methyl/N-ethyl adjacent to an activating group) is 1. The number of hydrogen-bond donors (Lipinski definition) is 3. The zero-order chi connectivity index (χ0) is 15.8. The average molecular weight is 313 g/mol. The SMILES string of the molecule is CCNC(=O)[C@@H](C)NC(=O)C[NH2+][C@@H](C)c1ccccc1Cl. The van der Waals surface area contributed by atoms with Gasteiger partial charge in [0.2, 0.25) is 5.91 Å². The van der Waals surface area contributed by atoms with E-state index in [2.05, 4.69) is 10.6 Å². The minimum atomic E-state index is -0.526. The Morgan fingerprint density at radius 2 is 1.95 bits per heavy atom. The van der Waals surface area contributed by atoms with E-state index in [0.717, 1.165) is 5.56 Å². The van der Waals surface area contributed by atoms with Gasteiger partial charge >= 0.3 is 0 Å². The lowest BCUT2D eigenvalue weighted by Crippen LogP contribution is -2.87. The first-order valence-corrected chi connectivity index (χ1v) is 7.48. The van der Waals surface area contributed by atoms with Gasteiger partial charge in [-0.15, -0.1) is 0 Å². The Bertz CT molecular complexity index is 494. The fourth-order valence-electron chi connectivity index (χ4n) is 1.95. The fourth-order valence-corrected chi connectivity index (χ4v) is 2.26. The number of rotatable bonds is 7. The molecule has 1 aromatic carbocycles. The molecule has 4 N–H and O–H groups in total. The van der Waals surface area contributed by atoms with Crippen LogP contribution in [-0.4, -0.2) is 30.9 Å². The van der Waals surface area contributed by atoms with E-state index >= 15 is 0 Å². The third-order valence-corrected chi connectivity index (χ3v) is 3.52. The van der Waals surface area contributed by atoms with Crippen LogP contribution in [-0.2, 0) is 9.59 Å². The monoisotopic (exact) mass is 312 g/mol. The van der Waals surface area contributed by atoms with Crippen molar-refractivity contribution in [3.63, 3.8) is 0 Å². The lowest BCUT2D eigenvalue weighted by atomic mass is 10.1. The highest BCUT2D eigenvalue weighted by atomic mass is 35.5. The molecular formula is C15H23ClN3O2+. The third-order valence-electron chi connectivity index (χ3n) is 3.17. The number of halogens is 1. The fraction of sp³-hybridized carbons (Fsp3) is 0.467. The second-order valence-corrected chi connectivity index (χ2v) is 5.34. The summed E-state index contributed by atoms with van der Waals surface area (Å²) in [5.74, 6) is -0.349. The van der Waals surface area contributed by atoms with Crippen LogP contribution in [0.25, 0.3) is 0 Å². The number of hydrogen-bond acceptors (Lipinski definition) is 2. The topological polar surface area (TPSA) is 74.8 Å². The Labute approximate surface area is 130 Å². The minimum absolute atomic E-state index is 0.0734. The highest BCUT2D eigenvalue weighted by molar-refractivity contribution is 6.31. The Kier molecular flexibility index (Phi) is 7.19. The van der Waals surface area contributed by atoms with E-state index in [4.69, 9.17) is 11.6 Å². The van der Waals surface area contributed by atoms with Crippen LogP contribution in [0.3, 0.4) is 0 Å². The normalized spacial score (nSPS) is 13.3. The summed E-state index contributed by atoms with van der Waals surface area (Å²) < 4.78 is 0. The van der Waals surface area contributed by atoms with Crippen molar-refractivity contribution in [2.24, 2.45) is 0 Å². The second kappa shape index (κ2) is 8.64. The van der Waals surface area contributed by atoms with Crippen molar-refractivity contribution in [1.29, 1.82) is 0 Å². The molecule has 1 aromatic rings. The molecular weight excluding hydrogens is 290 g/mol. The number of nitrogens with two attached hydrogens (primary N) is 1. The number of quaternary nitrogens is 1. The number of carbonyl (C=O) groups is 2. The number of amides is 2. The Balaban J connectivity index is 2.43. The quantitative estimate of drug-likeness (QED) is 0.690. The summed E-state index contributed by atoms with van der Waals surface area (Å²) in [5.41, 5.74) is 0.990. The van der Waals surface area contributed by atoms with Crippen molar-refractivity contribution < 1.29 is 14.9 Å². The predicted octanol–water partition coefficient (Wildman–Crippen LogP) is 0.605. The van der Waals surface area contributed by atoms with Crippen molar-refractivity contribution in [1.82, 2.24) is 10.6 Å². The Morgan fingerprint density at radius 1 is 1.29 bits per heavy atom. The number of benzene rings is 1. The van der Waals surface area contributed by atoms with Crippen LogP contribution in [0.15, 0.2) is 24.3 Å². The van der Waals surface area contributed by atoms with E-state index in [1.54, 1.807) is 6.92 Å².